The smallest absolute Gasteiger partial charge is 0.0867 e. The number of hydrogen-bond acceptors (Lipinski definition) is 4. The highest BCUT2D eigenvalue weighted by Gasteiger charge is 2.28. The first-order valence-electron chi connectivity index (χ1n) is 5.23. The van der Waals surface area contributed by atoms with Gasteiger partial charge < -0.3 is 15.6 Å². The number of nitrogens with two attached hydrogens (primary N) is 1. The Kier molecular flexibility index (Phi) is 3.89. The van der Waals surface area contributed by atoms with Crippen molar-refractivity contribution in [3.8, 4) is 0 Å². The van der Waals surface area contributed by atoms with Gasteiger partial charge in [-0.2, -0.15) is 0 Å². The van der Waals surface area contributed by atoms with Crippen LogP contribution < -0.4 is 5.73 Å². The van der Waals surface area contributed by atoms with Crippen molar-refractivity contribution in [1.82, 2.24) is 4.90 Å². The van der Waals surface area contributed by atoms with Gasteiger partial charge in [0.15, 0.2) is 0 Å². The number of hydrogen-bond donors (Lipinski definition) is 2. The standard InChI is InChI=1S/C10H22N2O2/c1-8-4-12(5-9(2)14-8)7-10(3,13)6-11/h8-9,13H,4-7,11H2,1-3H3. The predicted molar refractivity (Wildman–Crippen MR) is 56.1 cm³/mol. The summed E-state index contributed by atoms with van der Waals surface area (Å²) in [5, 5.41) is 9.84. The van der Waals surface area contributed by atoms with Gasteiger partial charge in [0.1, 0.15) is 0 Å². The minimum absolute atomic E-state index is 0.243. The fourth-order valence-corrected chi connectivity index (χ4v) is 1.96. The number of rotatable bonds is 3. The summed E-state index contributed by atoms with van der Waals surface area (Å²) in [6.07, 6.45) is 0.486. The zero-order valence-electron chi connectivity index (χ0n) is 9.36. The second kappa shape index (κ2) is 4.57. The van der Waals surface area contributed by atoms with Crippen molar-refractivity contribution in [3.05, 3.63) is 0 Å². The molecule has 4 heteroatoms. The van der Waals surface area contributed by atoms with E-state index in [9.17, 15) is 5.11 Å². The Hall–Kier alpha value is -0.160. The van der Waals surface area contributed by atoms with Crippen molar-refractivity contribution in [2.24, 2.45) is 5.73 Å². The lowest BCUT2D eigenvalue weighted by Gasteiger charge is -2.38. The molecular formula is C10H22N2O2. The van der Waals surface area contributed by atoms with Crippen molar-refractivity contribution >= 4 is 0 Å². The topological polar surface area (TPSA) is 58.7 Å². The minimum atomic E-state index is -0.781. The van der Waals surface area contributed by atoms with Gasteiger partial charge in [-0.1, -0.05) is 0 Å². The molecule has 14 heavy (non-hydrogen) atoms. The van der Waals surface area contributed by atoms with E-state index in [0.717, 1.165) is 13.1 Å². The summed E-state index contributed by atoms with van der Waals surface area (Å²) in [5.41, 5.74) is 4.70. The van der Waals surface area contributed by atoms with Gasteiger partial charge in [0, 0.05) is 26.2 Å². The van der Waals surface area contributed by atoms with E-state index in [1.54, 1.807) is 6.92 Å². The monoisotopic (exact) mass is 202 g/mol. The number of nitrogens with zero attached hydrogens (tertiary/aromatic N) is 1. The third kappa shape index (κ3) is 3.53. The van der Waals surface area contributed by atoms with Crippen LogP contribution in [0, 0.1) is 0 Å². The van der Waals surface area contributed by atoms with Gasteiger partial charge in [0.05, 0.1) is 17.8 Å². The maximum Gasteiger partial charge on any atom is 0.0867 e. The number of aliphatic hydroxyl groups is 1. The zero-order valence-corrected chi connectivity index (χ0v) is 9.36. The first-order chi connectivity index (χ1) is 6.43. The van der Waals surface area contributed by atoms with Crippen molar-refractivity contribution in [2.75, 3.05) is 26.2 Å². The molecule has 0 aromatic heterocycles. The average Bonchev–Trinajstić information content (AvgIpc) is 2.01. The quantitative estimate of drug-likeness (QED) is 0.666. The van der Waals surface area contributed by atoms with Crippen LogP contribution in [0.25, 0.3) is 0 Å². The van der Waals surface area contributed by atoms with Crippen LogP contribution in [0.1, 0.15) is 20.8 Å². The lowest BCUT2D eigenvalue weighted by molar-refractivity contribution is -0.0872. The number of ether oxygens (including phenoxy) is 1. The molecule has 1 rings (SSSR count). The van der Waals surface area contributed by atoms with Crippen LogP contribution in [0.2, 0.25) is 0 Å². The molecule has 3 unspecified atom stereocenters. The van der Waals surface area contributed by atoms with Crippen molar-refractivity contribution < 1.29 is 9.84 Å². The molecule has 1 heterocycles. The number of β-amino-alcohol motifs (C(OH)–C–C–N with tert-alkyl or cyclic N) is 1. The fraction of sp³-hybridized carbons (Fsp3) is 1.00. The highest BCUT2D eigenvalue weighted by molar-refractivity contribution is 4.82. The second-order valence-electron chi connectivity index (χ2n) is 4.65. The third-order valence-electron chi connectivity index (χ3n) is 2.50. The van der Waals surface area contributed by atoms with Crippen molar-refractivity contribution in [3.63, 3.8) is 0 Å². The SMILES string of the molecule is CC1CN(CC(C)(O)CN)CC(C)O1. The maximum atomic E-state index is 9.84. The molecule has 0 bridgehead atoms. The molecule has 0 aromatic rings. The molecule has 0 amide bonds. The van der Waals surface area contributed by atoms with Gasteiger partial charge in [0.2, 0.25) is 0 Å². The Morgan fingerprint density at radius 3 is 2.36 bits per heavy atom. The highest BCUT2D eigenvalue weighted by atomic mass is 16.5. The summed E-state index contributed by atoms with van der Waals surface area (Å²) in [7, 11) is 0. The van der Waals surface area contributed by atoms with Gasteiger partial charge in [-0.3, -0.25) is 4.90 Å². The van der Waals surface area contributed by atoms with Crippen LogP contribution in [-0.2, 0) is 4.74 Å². The van der Waals surface area contributed by atoms with Gasteiger partial charge in [-0.25, -0.2) is 0 Å². The first-order valence-corrected chi connectivity index (χ1v) is 5.23. The van der Waals surface area contributed by atoms with Gasteiger partial charge in [0.25, 0.3) is 0 Å². The minimum Gasteiger partial charge on any atom is -0.388 e. The Morgan fingerprint density at radius 2 is 1.93 bits per heavy atom. The Morgan fingerprint density at radius 1 is 1.43 bits per heavy atom. The van der Waals surface area contributed by atoms with E-state index in [-0.39, 0.29) is 12.2 Å². The van der Waals surface area contributed by atoms with E-state index in [4.69, 9.17) is 10.5 Å². The van der Waals surface area contributed by atoms with E-state index < -0.39 is 5.60 Å². The van der Waals surface area contributed by atoms with Crippen LogP contribution in [0.4, 0.5) is 0 Å². The molecule has 1 saturated heterocycles. The molecule has 84 valence electrons. The molecule has 1 fully saturated rings. The molecular weight excluding hydrogens is 180 g/mol. The van der Waals surface area contributed by atoms with E-state index in [1.165, 1.54) is 0 Å². The van der Waals surface area contributed by atoms with Crippen LogP contribution >= 0.6 is 0 Å². The molecule has 3 N–H and O–H groups in total. The molecule has 4 nitrogen and oxygen atoms in total. The molecule has 0 radical (unpaired) electrons. The summed E-state index contributed by atoms with van der Waals surface area (Å²) in [4.78, 5) is 2.21. The lowest BCUT2D eigenvalue weighted by Crippen LogP contribution is -2.53. The summed E-state index contributed by atoms with van der Waals surface area (Å²) in [6, 6.07) is 0. The summed E-state index contributed by atoms with van der Waals surface area (Å²) < 4.78 is 5.61. The lowest BCUT2D eigenvalue weighted by atomic mass is 10.1. The summed E-state index contributed by atoms with van der Waals surface area (Å²) in [6.45, 7) is 8.56. The average molecular weight is 202 g/mol. The van der Waals surface area contributed by atoms with Crippen LogP contribution in [0.15, 0.2) is 0 Å². The largest absolute Gasteiger partial charge is 0.388 e. The van der Waals surface area contributed by atoms with E-state index in [0.29, 0.717) is 13.1 Å². The number of morpholine rings is 1. The fourth-order valence-electron chi connectivity index (χ4n) is 1.96. The van der Waals surface area contributed by atoms with Crippen molar-refractivity contribution in [2.45, 2.75) is 38.6 Å². The Labute approximate surface area is 86.0 Å². The summed E-state index contributed by atoms with van der Waals surface area (Å²) in [5.74, 6) is 0. The van der Waals surface area contributed by atoms with E-state index in [2.05, 4.69) is 18.7 Å². The molecule has 3 atom stereocenters. The van der Waals surface area contributed by atoms with Gasteiger partial charge in [-0.05, 0) is 20.8 Å². The molecule has 1 aliphatic rings. The Bertz CT molecular complexity index is 175. The van der Waals surface area contributed by atoms with Gasteiger partial charge in [-0.15, -0.1) is 0 Å². The molecule has 1 aliphatic heterocycles. The van der Waals surface area contributed by atoms with Crippen LogP contribution in [-0.4, -0.2) is 54.0 Å². The van der Waals surface area contributed by atoms with Gasteiger partial charge >= 0.3 is 0 Å². The zero-order chi connectivity index (χ0) is 10.8. The van der Waals surface area contributed by atoms with Crippen LogP contribution in [0.5, 0.6) is 0 Å². The van der Waals surface area contributed by atoms with E-state index in [1.807, 2.05) is 0 Å². The highest BCUT2D eigenvalue weighted by Crippen LogP contribution is 2.13. The molecule has 0 spiro atoms. The molecule has 0 aromatic carbocycles. The predicted octanol–water partition coefficient (Wildman–Crippen LogP) is -0.195. The second-order valence-corrected chi connectivity index (χ2v) is 4.65. The molecule has 0 saturated carbocycles. The van der Waals surface area contributed by atoms with Crippen molar-refractivity contribution in [1.29, 1.82) is 0 Å². The van der Waals surface area contributed by atoms with E-state index >= 15 is 0 Å². The third-order valence-corrected chi connectivity index (χ3v) is 2.50. The van der Waals surface area contributed by atoms with Crippen LogP contribution in [0.3, 0.4) is 0 Å². The molecule has 0 aliphatic carbocycles. The maximum absolute atomic E-state index is 9.84. The normalized spacial score (nSPS) is 34.1. The first kappa shape index (κ1) is 11.9. The summed E-state index contributed by atoms with van der Waals surface area (Å²) >= 11 is 0. The Balaban J connectivity index is 2.44.